The van der Waals surface area contributed by atoms with Crippen molar-refractivity contribution in [2.24, 2.45) is 0 Å². The first-order chi connectivity index (χ1) is 11.3. The van der Waals surface area contributed by atoms with Gasteiger partial charge in [0.1, 0.15) is 17.3 Å². The molecule has 0 saturated carbocycles. The van der Waals surface area contributed by atoms with Crippen molar-refractivity contribution >= 4 is 18.7 Å². The molecule has 0 aliphatic carbocycles. The van der Waals surface area contributed by atoms with E-state index in [-0.39, 0.29) is 0 Å². The Morgan fingerprint density at radius 2 is 0.720 bits per heavy atom. The third-order valence-electron chi connectivity index (χ3n) is 3.61. The summed E-state index contributed by atoms with van der Waals surface area (Å²) in [5.74, 6) is 4.61. The van der Waals surface area contributed by atoms with Gasteiger partial charge in [0.25, 0.3) is 0 Å². The van der Waals surface area contributed by atoms with E-state index in [0.29, 0.717) is 0 Å². The Morgan fingerprint density at radius 3 is 1.00 bits per heavy atom. The van der Waals surface area contributed by atoms with Crippen molar-refractivity contribution in [1.29, 1.82) is 0 Å². The Bertz CT molecular complexity index is 280. The van der Waals surface area contributed by atoms with Gasteiger partial charge in [0.05, 0.1) is 0 Å². The second-order valence-corrected chi connectivity index (χ2v) is 10.9. The summed E-state index contributed by atoms with van der Waals surface area (Å²) in [4.78, 5) is 0. The van der Waals surface area contributed by atoms with Crippen LogP contribution in [0.4, 0.5) is 25.2 Å². The molecule has 0 amide bonds. The first kappa shape index (κ1) is 27.6. The van der Waals surface area contributed by atoms with E-state index in [1.807, 2.05) is 0 Å². The van der Waals surface area contributed by atoms with Crippen LogP contribution in [0.5, 0.6) is 0 Å². The van der Waals surface area contributed by atoms with Gasteiger partial charge in [-0.25, -0.2) is 0 Å². The second kappa shape index (κ2) is 12.7. The summed E-state index contributed by atoms with van der Waals surface area (Å²) in [7, 11) is -9.89. The molecule has 0 aromatic rings. The van der Waals surface area contributed by atoms with Gasteiger partial charge in [-0.3, -0.25) is 0 Å². The van der Waals surface area contributed by atoms with E-state index in [9.17, 15) is 25.2 Å². The van der Waals surface area contributed by atoms with Crippen molar-refractivity contribution in [2.45, 2.75) is 91.4 Å². The molecular formula is C17H37F6PS. The minimum absolute atomic E-state index is 0.767. The van der Waals surface area contributed by atoms with Crippen molar-refractivity contribution in [3.63, 3.8) is 0 Å². The van der Waals surface area contributed by atoms with E-state index in [0.717, 1.165) is 10.9 Å². The van der Waals surface area contributed by atoms with Gasteiger partial charge in [-0.15, -0.1) is 0 Å². The van der Waals surface area contributed by atoms with Crippen molar-refractivity contribution in [1.82, 2.24) is 0 Å². The molecular weight excluding hydrogens is 381 g/mol. The number of hydrogen-bond acceptors (Lipinski definition) is 0. The van der Waals surface area contributed by atoms with Crippen LogP contribution in [0.15, 0.2) is 0 Å². The zero-order valence-corrected chi connectivity index (χ0v) is 17.7. The number of unbranched alkanes of at least 4 members (excludes halogenated alkanes) is 8. The molecule has 0 radical (unpaired) electrons. The summed E-state index contributed by atoms with van der Waals surface area (Å²) in [6.45, 7) is 6.94. The Balaban J connectivity index is 0. The topological polar surface area (TPSA) is 0 Å². The van der Waals surface area contributed by atoms with Gasteiger partial charge < -0.3 is 0 Å². The zero-order chi connectivity index (χ0) is 19.9. The molecule has 8 heteroatoms. The van der Waals surface area contributed by atoms with Crippen LogP contribution in [-0.4, -0.2) is 17.3 Å². The zero-order valence-electron chi connectivity index (χ0n) is 16.0. The molecule has 0 saturated heterocycles. The third-order valence-corrected chi connectivity index (χ3v) is 6.21. The van der Waals surface area contributed by atoms with Gasteiger partial charge in [0, 0.05) is 0 Å². The van der Waals surface area contributed by atoms with Crippen LogP contribution in [0.3, 0.4) is 0 Å². The van der Waals surface area contributed by atoms with Gasteiger partial charge in [0.15, 0.2) is 0 Å². The standard InChI is InChI=1S/C17H37S.F6P/c1-4-7-10-13-16-18(15-12-9-6-3)17-14-11-8-5-2;1-7(2,3,4,5)6/h4-17H2,1-3H3;/q+1;-1. The molecule has 0 rings (SSSR count). The van der Waals surface area contributed by atoms with Crippen molar-refractivity contribution in [2.75, 3.05) is 17.3 Å². The SMILES string of the molecule is CCCCCC[S+](CCCCC)CCCCCC.F[P-](F)(F)(F)(F)F. The predicted octanol–water partition coefficient (Wildman–Crippen LogP) is 9.34. The fourth-order valence-corrected chi connectivity index (χ4v) is 4.78. The molecule has 0 aromatic heterocycles. The Labute approximate surface area is 153 Å². The van der Waals surface area contributed by atoms with E-state index in [4.69, 9.17) is 0 Å². The molecule has 0 heterocycles. The van der Waals surface area contributed by atoms with Crippen LogP contribution in [0.1, 0.15) is 91.4 Å². The average molecular weight is 419 g/mol. The second-order valence-electron chi connectivity index (χ2n) is 6.51. The maximum absolute atomic E-state index is 10.7. The molecule has 0 aliphatic rings. The Morgan fingerprint density at radius 1 is 0.480 bits per heavy atom. The molecule has 0 spiro atoms. The van der Waals surface area contributed by atoms with Crippen LogP contribution in [0.2, 0.25) is 0 Å². The van der Waals surface area contributed by atoms with Crippen molar-refractivity contribution in [3.05, 3.63) is 0 Å². The predicted molar refractivity (Wildman–Crippen MR) is 103 cm³/mol. The van der Waals surface area contributed by atoms with Gasteiger partial charge in [-0.1, -0.05) is 52.9 Å². The molecule has 0 fully saturated rings. The monoisotopic (exact) mass is 418 g/mol. The van der Waals surface area contributed by atoms with E-state index in [1.54, 1.807) is 0 Å². The van der Waals surface area contributed by atoms with Crippen LogP contribution < -0.4 is 0 Å². The Kier molecular flexibility index (Phi) is 14.0. The normalized spacial score (nSPS) is 14.6. The van der Waals surface area contributed by atoms with Crippen molar-refractivity contribution < 1.29 is 25.2 Å². The van der Waals surface area contributed by atoms with Gasteiger partial charge in [-0.2, -0.15) is 0 Å². The average Bonchev–Trinajstić information content (AvgIpc) is 2.44. The summed E-state index contributed by atoms with van der Waals surface area (Å²) >= 11 is 0. The molecule has 0 aliphatic heterocycles. The van der Waals surface area contributed by atoms with Crippen LogP contribution in [0.25, 0.3) is 0 Å². The molecule has 0 atom stereocenters. The first-order valence-electron chi connectivity index (χ1n) is 9.50. The van der Waals surface area contributed by atoms with Crippen LogP contribution in [-0.2, 0) is 10.9 Å². The van der Waals surface area contributed by atoms with Gasteiger partial charge in [-0.05, 0) is 49.4 Å². The number of hydrogen-bond donors (Lipinski definition) is 0. The third kappa shape index (κ3) is 40.4. The molecule has 0 nitrogen and oxygen atoms in total. The molecule has 158 valence electrons. The fourth-order valence-electron chi connectivity index (χ4n) is 2.33. The number of rotatable bonds is 14. The molecule has 0 N–H and O–H groups in total. The maximum atomic E-state index is 9.87. The van der Waals surface area contributed by atoms with Gasteiger partial charge in [0.2, 0.25) is 0 Å². The fraction of sp³-hybridized carbons (Fsp3) is 1.00. The first-order valence-corrected chi connectivity index (χ1v) is 13.3. The molecule has 0 aromatic carbocycles. The summed E-state index contributed by atoms with van der Waals surface area (Å²) in [6.07, 6.45) is 15.9. The van der Waals surface area contributed by atoms with Crippen LogP contribution >= 0.6 is 7.81 Å². The van der Waals surface area contributed by atoms with Gasteiger partial charge >= 0.3 is 33.0 Å². The Hall–Kier alpha value is 0.360. The number of halogens is 6. The summed E-state index contributed by atoms with van der Waals surface area (Å²) in [5, 5.41) is 0. The minimum atomic E-state index is -10.7. The molecule has 0 bridgehead atoms. The van der Waals surface area contributed by atoms with E-state index in [1.165, 1.54) is 87.9 Å². The van der Waals surface area contributed by atoms with Crippen LogP contribution in [0, 0.1) is 0 Å². The molecule has 0 unspecified atom stereocenters. The van der Waals surface area contributed by atoms with E-state index >= 15 is 0 Å². The summed E-state index contributed by atoms with van der Waals surface area (Å²) in [6, 6.07) is 0. The molecule has 25 heavy (non-hydrogen) atoms. The van der Waals surface area contributed by atoms with Crippen molar-refractivity contribution in [3.8, 4) is 0 Å². The summed E-state index contributed by atoms with van der Waals surface area (Å²) < 4.78 is 59.2. The summed E-state index contributed by atoms with van der Waals surface area (Å²) in [5.41, 5.74) is 0. The quantitative estimate of drug-likeness (QED) is 0.114. The van der Waals surface area contributed by atoms with E-state index < -0.39 is 7.81 Å². The van der Waals surface area contributed by atoms with E-state index in [2.05, 4.69) is 20.8 Å².